The van der Waals surface area contributed by atoms with E-state index in [4.69, 9.17) is 16.3 Å². The van der Waals surface area contributed by atoms with Gasteiger partial charge in [0.1, 0.15) is 0 Å². The molecule has 0 aliphatic carbocycles. The van der Waals surface area contributed by atoms with Crippen LogP contribution < -0.4 is 5.32 Å². The molecule has 104 valence electrons. The van der Waals surface area contributed by atoms with Gasteiger partial charge in [-0.25, -0.2) is 0 Å². The Hall–Kier alpha value is -1.36. The highest BCUT2D eigenvalue weighted by Gasteiger charge is 2.35. The van der Waals surface area contributed by atoms with Gasteiger partial charge >= 0.3 is 0 Å². The second-order valence-electron chi connectivity index (χ2n) is 5.19. The summed E-state index contributed by atoms with van der Waals surface area (Å²) in [5.41, 5.74) is 1.65. The monoisotopic (exact) mass is 307 g/mol. The summed E-state index contributed by atoms with van der Waals surface area (Å²) in [5, 5.41) is 4.79. The summed E-state index contributed by atoms with van der Waals surface area (Å²) in [5.74, 6) is 0. The Kier molecular flexibility index (Phi) is 3.32. The van der Waals surface area contributed by atoms with Crippen LogP contribution in [-0.2, 0) is 15.1 Å². The second kappa shape index (κ2) is 4.88. The van der Waals surface area contributed by atoms with Gasteiger partial charge in [-0.15, -0.1) is 11.3 Å². The quantitative estimate of drug-likeness (QED) is 0.842. The van der Waals surface area contributed by atoms with Crippen LogP contribution in [-0.4, -0.2) is 12.5 Å². The van der Waals surface area contributed by atoms with Gasteiger partial charge in [-0.2, -0.15) is 0 Å². The van der Waals surface area contributed by atoms with Crippen LogP contribution in [0.3, 0.4) is 0 Å². The van der Waals surface area contributed by atoms with Gasteiger partial charge in [0.2, 0.25) is 0 Å². The lowest BCUT2D eigenvalue weighted by Crippen LogP contribution is -2.39. The normalized spacial score (nSPS) is 20.1. The molecule has 0 radical (unpaired) electrons. The van der Waals surface area contributed by atoms with E-state index < -0.39 is 11.8 Å². The van der Waals surface area contributed by atoms with E-state index in [0.29, 0.717) is 5.02 Å². The lowest BCUT2D eigenvalue weighted by atomic mass is 9.98. The summed E-state index contributed by atoms with van der Waals surface area (Å²) in [6, 6.07) is 9.84. The van der Waals surface area contributed by atoms with Crippen molar-refractivity contribution in [2.75, 3.05) is 5.32 Å². The zero-order valence-electron chi connectivity index (χ0n) is 11.1. The fraction of sp³-hybridized carbons (Fsp3) is 0.267. The average Bonchev–Trinajstić information content (AvgIpc) is 2.83. The lowest BCUT2D eigenvalue weighted by molar-refractivity contribution is -0.128. The van der Waals surface area contributed by atoms with Gasteiger partial charge in [-0.05, 0) is 37.6 Å². The minimum absolute atomic E-state index is 0.487. The van der Waals surface area contributed by atoms with Crippen LogP contribution in [0.2, 0.25) is 5.02 Å². The molecule has 1 atom stereocenters. The first-order valence-corrected chi connectivity index (χ1v) is 7.49. The fourth-order valence-corrected chi connectivity index (χ4v) is 3.75. The molecule has 5 heteroatoms. The standard InChI is InChI=1S/C15H14ClNO2S/c1-15(2)11-7-12(9-4-3-5-10(16)6-9)20-14(11)17-13(8-18)19-15/h3-8,13,17H,1-2H3. The average molecular weight is 308 g/mol. The van der Waals surface area contributed by atoms with Crippen molar-refractivity contribution in [1.29, 1.82) is 0 Å². The van der Waals surface area contributed by atoms with Crippen LogP contribution in [0.1, 0.15) is 19.4 Å². The number of halogens is 1. The highest BCUT2D eigenvalue weighted by molar-refractivity contribution is 7.19. The van der Waals surface area contributed by atoms with Crippen molar-refractivity contribution in [1.82, 2.24) is 0 Å². The van der Waals surface area contributed by atoms with Crippen molar-refractivity contribution in [3.63, 3.8) is 0 Å². The summed E-state index contributed by atoms with van der Waals surface area (Å²) >= 11 is 7.65. The van der Waals surface area contributed by atoms with Gasteiger partial charge in [0.15, 0.2) is 12.5 Å². The first-order valence-electron chi connectivity index (χ1n) is 6.29. The maximum atomic E-state index is 11.0. The Morgan fingerprint density at radius 1 is 1.40 bits per heavy atom. The maximum Gasteiger partial charge on any atom is 0.186 e. The predicted molar refractivity (Wildman–Crippen MR) is 82.4 cm³/mol. The van der Waals surface area contributed by atoms with Crippen LogP contribution in [0, 0.1) is 0 Å². The van der Waals surface area contributed by atoms with Crippen LogP contribution in [0.4, 0.5) is 5.00 Å². The molecular weight excluding hydrogens is 294 g/mol. The Labute approximate surface area is 126 Å². The van der Waals surface area contributed by atoms with Crippen molar-refractivity contribution in [3.8, 4) is 10.4 Å². The predicted octanol–water partition coefficient (Wildman–Crippen LogP) is 4.27. The third-order valence-electron chi connectivity index (χ3n) is 3.31. The molecule has 0 bridgehead atoms. The van der Waals surface area contributed by atoms with Crippen molar-refractivity contribution < 1.29 is 9.53 Å². The minimum atomic E-state index is -0.594. The Bertz CT molecular complexity index is 666. The fourth-order valence-electron chi connectivity index (χ4n) is 2.33. The second-order valence-corrected chi connectivity index (χ2v) is 6.68. The number of rotatable bonds is 2. The molecule has 1 unspecified atom stereocenters. The van der Waals surface area contributed by atoms with Crippen molar-refractivity contribution in [3.05, 3.63) is 40.9 Å². The Balaban J connectivity index is 2.06. The number of hydrogen-bond donors (Lipinski definition) is 1. The first kappa shape index (κ1) is 13.6. The van der Waals surface area contributed by atoms with Crippen LogP contribution in [0.5, 0.6) is 0 Å². The summed E-state index contributed by atoms with van der Waals surface area (Å²) < 4.78 is 5.72. The molecule has 3 rings (SSSR count). The molecule has 0 saturated carbocycles. The number of carbonyl (C=O) groups excluding carboxylic acids is 1. The number of benzene rings is 1. The molecule has 0 amide bonds. The van der Waals surface area contributed by atoms with E-state index >= 15 is 0 Å². The number of carbonyl (C=O) groups is 1. The lowest BCUT2D eigenvalue weighted by Gasteiger charge is -2.34. The molecule has 0 spiro atoms. The maximum absolute atomic E-state index is 11.0. The van der Waals surface area contributed by atoms with Crippen LogP contribution >= 0.6 is 22.9 Å². The van der Waals surface area contributed by atoms with E-state index in [1.165, 1.54) is 0 Å². The summed E-state index contributed by atoms with van der Waals surface area (Å²) in [7, 11) is 0. The van der Waals surface area contributed by atoms with Gasteiger partial charge in [0.25, 0.3) is 0 Å². The summed E-state index contributed by atoms with van der Waals surface area (Å²) in [6.45, 7) is 3.94. The molecule has 1 aliphatic heterocycles. The summed E-state index contributed by atoms with van der Waals surface area (Å²) in [4.78, 5) is 12.1. The van der Waals surface area contributed by atoms with Crippen molar-refractivity contribution in [2.45, 2.75) is 25.7 Å². The molecule has 0 fully saturated rings. The number of ether oxygens (including phenoxy) is 1. The number of fused-ring (bicyclic) bond motifs is 1. The number of nitrogens with one attached hydrogen (secondary N) is 1. The first-order chi connectivity index (χ1) is 9.49. The van der Waals surface area contributed by atoms with E-state index in [2.05, 4.69) is 11.4 Å². The molecule has 1 aromatic heterocycles. The van der Waals surface area contributed by atoms with E-state index in [0.717, 1.165) is 27.3 Å². The molecule has 2 aromatic rings. The van der Waals surface area contributed by atoms with E-state index in [1.807, 2.05) is 38.1 Å². The van der Waals surface area contributed by atoms with Crippen molar-refractivity contribution in [2.24, 2.45) is 0 Å². The van der Waals surface area contributed by atoms with Gasteiger partial charge in [0, 0.05) is 15.5 Å². The van der Waals surface area contributed by atoms with Crippen LogP contribution in [0.25, 0.3) is 10.4 Å². The number of thiophene rings is 1. The largest absolute Gasteiger partial charge is 0.346 e. The minimum Gasteiger partial charge on any atom is -0.346 e. The molecule has 1 aromatic carbocycles. The van der Waals surface area contributed by atoms with Gasteiger partial charge in [0.05, 0.1) is 10.6 Å². The SMILES string of the molecule is CC1(C)OC(C=O)Nc2sc(-c3cccc(Cl)c3)cc21. The zero-order valence-corrected chi connectivity index (χ0v) is 12.7. The molecule has 3 nitrogen and oxygen atoms in total. The smallest absolute Gasteiger partial charge is 0.186 e. The third-order valence-corrected chi connectivity index (χ3v) is 4.66. The van der Waals surface area contributed by atoms with Crippen LogP contribution in [0.15, 0.2) is 30.3 Å². The molecule has 1 N–H and O–H groups in total. The Morgan fingerprint density at radius 3 is 2.90 bits per heavy atom. The number of anilines is 1. The molecule has 2 heterocycles. The van der Waals surface area contributed by atoms with Crippen molar-refractivity contribution >= 4 is 34.2 Å². The Morgan fingerprint density at radius 2 is 2.20 bits per heavy atom. The number of hydrogen-bond acceptors (Lipinski definition) is 4. The van der Waals surface area contributed by atoms with E-state index in [-0.39, 0.29) is 0 Å². The third kappa shape index (κ3) is 2.35. The zero-order chi connectivity index (χ0) is 14.3. The highest BCUT2D eigenvalue weighted by Crippen LogP contribution is 2.45. The number of aldehydes is 1. The molecule has 0 saturated heterocycles. The van der Waals surface area contributed by atoms with Gasteiger partial charge < -0.3 is 10.1 Å². The molecule has 1 aliphatic rings. The van der Waals surface area contributed by atoms with Gasteiger partial charge in [-0.3, -0.25) is 4.79 Å². The van der Waals surface area contributed by atoms with E-state index in [9.17, 15) is 4.79 Å². The topological polar surface area (TPSA) is 38.3 Å². The highest BCUT2D eigenvalue weighted by atomic mass is 35.5. The van der Waals surface area contributed by atoms with E-state index in [1.54, 1.807) is 11.3 Å². The van der Waals surface area contributed by atoms with Gasteiger partial charge in [-0.1, -0.05) is 23.7 Å². The molecule has 20 heavy (non-hydrogen) atoms. The molecular formula is C15H14ClNO2S. The summed E-state index contributed by atoms with van der Waals surface area (Å²) in [6.07, 6.45) is 0.187.